The van der Waals surface area contributed by atoms with E-state index in [2.05, 4.69) is 51.4 Å². The van der Waals surface area contributed by atoms with Crippen molar-refractivity contribution in [1.29, 1.82) is 0 Å². The van der Waals surface area contributed by atoms with E-state index in [0.717, 1.165) is 25.1 Å². The van der Waals surface area contributed by atoms with Gasteiger partial charge in [-0.05, 0) is 87.5 Å². The first-order chi connectivity index (χ1) is 14.5. The summed E-state index contributed by atoms with van der Waals surface area (Å²) >= 11 is 0. The highest BCUT2D eigenvalue weighted by Gasteiger charge is 2.27. The Hall–Kier alpha value is -2.80. The van der Waals surface area contributed by atoms with E-state index in [0.29, 0.717) is 22.9 Å². The second-order valence-corrected chi connectivity index (χ2v) is 8.43. The first kappa shape index (κ1) is 20.5. The van der Waals surface area contributed by atoms with Crippen molar-refractivity contribution in [3.05, 3.63) is 52.1 Å². The molecule has 0 radical (unpaired) electrons. The highest BCUT2D eigenvalue weighted by Crippen LogP contribution is 2.30. The molecule has 7 heteroatoms. The first-order valence-corrected chi connectivity index (χ1v) is 10.9. The summed E-state index contributed by atoms with van der Waals surface area (Å²) in [7, 11) is 0. The molecule has 0 aromatic carbocycles. The van der Waals surface area contributed by atoms with Crippen LogP contribution in [0.1, 0.15) is 67.2 Å². The Morgan fingerprint density at radius 2 is 2.07 bits per heavy atom. The van der Waals surface area contributed by atoms with E-state index < -0.39 is 0 Å². The van der Waals surface area contributed by atoms with Crippen LogP contribution in [0.25, 0.3) is 6.08 Å². The van der Waals surface area contributed by atoms with Crippen molar-refractivity contribution in [2.45, 2.75) is 52.4 Å². The number of rotatable bonds is 7. The fourth-order valence-electron chi connectivity index (χ4n) is 4.53. The van der Waals surface area contributed by atoms with Crippen molar-refractivity contribution in [2.75, 3.05) is 19.6 Å². The minimum atomic E-state index is -0.215. The van der Waals surface area contributed by atoms with Gasteiger partial charge in [0.2, 0.25) is 0 Å². The predicted molar refractivity (Wildman–Crippen MR) is 118 cm³/mol. The molecule has 30 heavy (non-hydrogen) atoms. The number of amides is 1. The summed E-state index contributed by atoms with van der Waals surface area (Å²) < 4.78 is 0. The minimum Gasteiger partial charge on any atom is -0.359 e. The molecule has 1 saturated heterocycles. The van der Waals surface area contributed by atoms with Crippen LogP contribution in [0.3, 0.4) is 0 Å². The van der Waals surface area contributed by atoms with Gasteiger partial charge in [-0.1, -0.05) is 13.8 Å². The average molecular weight is 407 g/mol. The number of hydrogen-bond donors (Lipinski definition) is 2. The number of carbonyl (C=O) groups excluding carboxylic acids is 1. The Kier molecular flexibility index (Phi) is 6.08. The van der Waals surface area contributed by atoms with E-state index in [1.165, 1.54) is 42.8 Å². The van der Waals surface area contributed by atoms with Gasteiger partial charge >= 0.3 is 0 Å². The van der Waals surface area contributed by atoms with Crippen molar-refractivity contribution < 1.29 is 4.79 Å². The molecule has 158 valence electrons. The van der Waals surface area contributed by atoms with Crippen molar-refractivity contribution >= 4 is 17.7 Å². The zero-order valence-electron chi connectivity index (χ0n) is 18.0. The van der Waals surface area contributed by atoms with Gasteiger partial charge in [0, 0.05) is 17.6 Å². The molecule has 2 aliphatic heterocycles. The maximum Gasteiger partial charge on any atom is 0.273 e. The highest BCUT2D eigenvalue weighted by molar-refractivity contribution is 6.32. The van der Waals surface area contributed by atoms with Gasteiger partial charge in [0.15, 0.2) is 0 Å². The van der Waals surface area contributed by atoms with Gasteiger partial charge in [-0.3, -0.25) is 4.79 Å². The Balaban J connectivity index is 1.61. The van der Waals surface area contributed by atoms with E-state index in [4.69, 9.17) is 0 Å². The summed E-state index contributed by atoms with van der Waals surface area (Å²) in [5.41, 5.74) is 9.05. The van der Waals surface area contributed by atoms with Crippen LogP contribution < -0.4 is 5.43 Å². The molecule has 2 aliphatic rings. The second-order valence-electron chi connectivity index (χ2n) is 8.43. The second kappa shape index (κ2) is 8.92. The van der Waals surface area contributed by atoms with Gasteiger partial charge in [0.05, 0.1) is 5.57 Å². The lowest BCUT2D eigenvalue weighted by molar-refractivity contribution is -0.116. The molecular formula is C23H30N6O. The molecule has 4 heterocycles. The molecule has 0 aliphatic carbocycles. The van der Waals surface area contributed by atoms with E-state index >= 15 is 0 Å². The molecule has 1 amide bonds. The zero-order chi connectivity index (χ0) is 21.1. The third kappa shape index (κ3) is 4.21. The molecule has 0 unspecified atom stereocenters. The number of aromatic nitrogens is 3. The number of likely N-dealkylation sites (tertiary alicyclic amines) is 1. The molecule has 7 nitrogen and oxygen atoms in total. The highest BCUT2D eigenvalue weighted by atomic mass is 16.2. The summed E-state index contributed by atoms with van der Waals surface area (Å²) in [5, 5.41) is 12.2. The fourth-order valence-corrected chi connectivity index (χ4v) is 4.53. The number of nitrogens with one attached hydrogen (secondary N) is 2. The lowest BCUT2D eigenvalue weighted by Crippen LogP contribution is -2.20. The van der Waals surface area contributed by atoms with Crippen LogP contribution in [0.2, 0.25) is 0 Å². The van der Waals surface area contributed by atoms with Crippen LogP contribution in [0.4, 0.5) is 0 Å². The SMILES string of the molecule is Cc1[nH]c(/C=C2/C(=O)NN=C2c2cccnn2)c(C(C)C)c1CCCN1CCCC1. The molecule has 2 aromatic rings. The van der Waals surface area contributed by atoms with Crippen LogP contribution in [0.15, 0.2) is 29.0 Å². The van der Waals surface area contributed by atoms with Crippen molar-refractivity contribution in [2.24, 2.45) is 5.10 Å². The van der Waals surface area contributed by atoms with E-state index in [9.17, 15) is 4.79 Å². The van der Waals surface area contributed by atoms with Gasteiger partial charge in [0.1, 0.15) is 11.4 Å². The molecule has 0 spiro atoms. The van der Waals surface area contributed by atoms with Gasteiger partial charge in [-0.2, -0.15) is 10.2 Å². The molecule has 0 atom stereocenters. The number of hydrazone groups is 1. The molecule has 0 bridgehead atoms. The standard InChI is InChI=1S/C23H30N6O/c1-15(2)21-17(8-7-13-29-11-4-5-12-29)16(3)25-20(21)14-18-22(27-28-23(18)30)19-9-6-10-24-26-19/h6,9-10,14-15,25H,4-5,7-8,11-13H2,1-3H3,(H,28,30)/b18-14+. The number of aryl methyl sites for hydroxylation is 1. The van der Waals surface area contributed by atoms with Crippen LogP contribution in [0, 0.1) is 6.92 Å². The van der Waals surface area contributed by atoms with E-state index in [1.807, 2.05) is 12.1 Å². The Labute approximate surface area is 177 Å². The van der Waals surface area contributed by atoms with E-state index in [1.54, 1.807) is 12.3 Å². The van der Waals surface area contributed by atoms with Crippen molar-refractivity contribution in [3.8, 4) is 0 Å². The van der Waals surface area contributed by atoms with Crippen LogP contribution in [-0.2, 0) is 11.2 Å². The monoisotopic (exact) mass is 406 g/mol. The molecule has 0 saturated carbocycles. The number of carbonyl (C=O) groups is 1. The number of hydrogen-bond acceptors (Lipinski definition) is 5. The summed E-state index contributed by atoms with van der Waals surface area (Å²) in [6.45, 7) is 10.2. The third-order valence-electron chi connectivity index (χ3n) is 5.94. The predicted octanol–water partition coefficient (Wildman–Crippen LogP) is 3.18. The van der Waals surface area contributed by atoms with Gasteiger partial charge in [-0.25, -0.2) is 5.43 Å². The third-order valence-corrected chi connectivity index (χ3v) is 5.94. The normalized spacial score (nSPS) is 18.5. The number of aromatic amines is 1. The lowest BCUT2D eigenvalue weighted by Gasteiger charge is -2.15. The summed E-state index contributed by atoms with van der Waals surface area (Å²) in [5.74, 6) is 0.137. The summed E-state index contributed by atoms with van der Waals surface area (Å²) in [6, 6.07) is 3.61. The van der Waals surface area contributed by atoms with Gasteiger partial charge in [-0.15, -0.1) is 5.10 Å². The summed E-state index contributed by atoms with van der Waals surface area (Å²) in [4.78, 5) is 18.6. The Morgan fingerprint density at radius 3 is 2.77 bits per heavy atom. The Morgan fingerprint density at radius 1 is 1.27 bits per heavy atom. The number of nitrogens with zero attached hydrogens (tertiary/aromatic N) is 4. The van der Waals surface area contributed by atoms with E-state index in [-0.39, 0.29) is 5.91 Å². The molecule has 2 N–H and O–H groups in total. The molecule has 1 fully saturated rings. The smallest absolute Gasteiger partial charge is 0.273 e. The van der Waals surface area contributed by atoms with Gasteiger partial charge < -0.3 is 9.88 Å². The van der Waals surface area contributed by atoms with Gasteiger partial charge in [0.25, 0.3) is 5.91 Å². The van der Waals surface area contributed by atoms with Crippen molar-refractivity contribution in [1.82, 2.24) is 25.5 Å². The zero-order valence-corrected chi connectivity index (χ0v) is 18.0. The average Bonchev–Trinajstić information content (AvgIpc) is 3.44. The lowest BCUT2D eigenvalue weighted by atomic mass is 9.93. The fraction of sp³-hybridized carbons (Fsp3) is 0.478. The maximum atomic E-state index is 12.5. The van der Waals surface area contributed by atoms with Crippen LogP contribution in [-0.4, -0.2) is 51.3 Å². The van der Waals surface area contributed by atoms with Crippen LogP contribution >= 0.6 is 0 Å². The first-order valence-electron chi connectivity index (χ1n) is 10.9. The maximum absolute atomic E-state index is 12.5. The number of H-pyrrole nitrogens is 1. The summed E-state index contributed by atoms with van der Waals surface area (Å²) in [6.07, 6.45) is 8.39. The largest absolute Gasteiger partial charge is 0.359 e. The molecule has 4 rings (SSSR count). The molecule has 2 aromatic heterocycles. The molecular weight excluding hydrogens is 376 g/mol. The topological polar surface area (TPSA) is 86.3 Å². The van der Waals surface area contributed by atoms with Crippen LogP contribution in [0.5, 0.6) is 0 Å². The Bertz CT molecular complexity index is 967. The van der Waals surface area contributed by atoms with Crippen molar-refractivity contribution in [3.63, 3.8) is 0 Å². The quantitative estimate of drug-likeness (QED) is 0.692. The minimum absolute atomic E-state index is 0.215.